The Morgan fingerprint density at radius 3 is 2.39 bits per heavy atom. The van der Waals surface area contributed by atoms with Gasteiger partial charge in [-0.15, -0.1) is 11.8 Å². The molecule has 0 radical (unpaired) electrons. The van der Waals surface area contributed by atoms with Crippen molar-refractivity contribution in [2.24, 2.45) is 0 Å². The molecule has 2 nitrogen and oxygen atoms in total. The van der Waals surface area contributed by atoms with Gasteiger partial charge in [-0.05, 0) is 24.7 Å². The van der Waals surface area contributed by atoms with Crippen LogP contribution in [0.15, 0.2) is 35.2 Å². The molecule has 1 atom stereocenters. The highest BCUT2D eigenvalue weighted by Gasteiger charge is 2.56. The molecule has 0 spiro atoms. The molecule has 0 aromatic heterocycles. The Kier molecular flexibility index (Phi) is 3.22. The summed E-state index contributed by atoms with van der Waals surface area (Å²) in [7, 11) is 0. The highest BCUT2D eigenvalue weighted by Crippen LogP contribution is 2.57. The number of nitrogens with zero attached hydrogens (tertiary/aromatic N) is 1. The molecule has 1 heterocycles. The standard InChI is InChI=1S/C15H19NOS/c1-18-14-13(12-8-4-2-5-9-12)15(14,17)16-10-6-3-7-11-16/h2,4-5,8-9,17H,3,6-7,10-11H2,1H3. The van der Waals surface area contributed by atoms with Crippen molar-refractivity contribution in [2.75, 3.05) is 19.3 Å². The zero-order valence-corrected chi connectivity index (χ0v) is 11.5. The van der Waals surface area contributed by atoms with E-state index in [0.717, 1.165) is 29.1 Å². The Labute approximate surface area is 113 Å². The van der Waals surface area contributed by atoms with Gasteiger partial charge in [-0.3, -0.25) is 4.90 Å². The molecule has 0 saturated carbocycles. The fourth-order valence-corrected chi connectivity index (χ4v) is 3.87. The molecule has 18 heavy (non-hydrogen) atoms. The summed E-state index contributed by atoms with van der Waals surface area (Å²) in [4.78, 5) is 3.38. The molecular formula is C15H19NOS. The number of aliphatic hydroxyl groups is 1. The summed E-state index contributed by atoms with van der Waals surface area (Å²) in [6.45, 7) is 2.02. The molecule has 1 aliphatic heterocycles. The third-order valence-corrected chi connectivity index (χ3v) is 4.81. The number of thioether (sulfide) groups is 1. The van der Waals surface area contributed by atoms with Crippen LogP contribution in [-0.4, -0.2) is 35.1 Å². The number of hydrogen-bond donors (Lipinski definition) is 1. The highest BCUT2D eigenvalue weighted by atomic mass is 32.2. The van der Waals surface area contributed by atoms with Crippen LogP contribution in [0.4, 0.5) is 0 Å². The predicted molar refractivity (Wildman–Crippen MR) is 77.3 cm³/mol. The van der Waals surface area contributed by atoms with E-state index in [0.29, 0.717) is 0 Å². The lowest BCUT2D eigenvalue weighted by atomic mass is 10.1. The van der Waals surface area contributed by atoms with E-state index in [2.05, 4.69) is 23.3 Å². The van der Waals surface area contributed by atoms with Gasteiger partial charge in [0, 0.05) is 23.6 Å². The van der Waals surface area contributed by atoms with Gasteiger partial charge in [0.2, 0.25) is 0 Å². The molecule has 1 aromatic carbocycles. The van der Waals surface area contributed by atoms with E-state index >= 15 is 0 Å². The van der Waals surface area contributed by atoms with Crippen molar-refractivity contribution < 1.29 is 5.11 Å². The minimum absolute atomic E-state index is 0.763. The number of rotatable bonds is 3. The quantitative estimate of drug-likeness (QED) is 0.905. The normalized spacial score (nSPS) is 28.6. The van der Waals surface area contributed by atoms with Gasteiger partial charge in [-0.25, -0.2) is 0 Å². The minimum atomic E-state index is -0.763. The maximum Gasteiger partial charge on any atom is 0.179 e. The zero-order chi connectivity index (χ0) is 12.6. The highest BCUT2D eigenvalue weighted by molar-refractivity contribution is 8.03. The van der Waals surface area contributed by atoms with E-state index < -0.39 is 5.72 Å². The molecule has 1 fully saturated rings. The van der Waals surface area contributed by atoms with Crippen LogP contribution < -0.4 is 0 Å². The van der Waals surface area contributed by atoms with Gasteiger partial charge >= 0.3 is 0 Å². The molecule has 1 aliphatic carbocycles. The average Bonchev–Trinajstić information content (AvgIpc) is 3.07. The molecule has 3 heteroatoms. The maximum absolute atomic E-state index is 11.0. The lowest BCUT2D eigenvalue weighted by molar-refractivity contribution is -0.00654. The van der Waals surface area contributed by atoms with Gasteiger partial charge in [0.05, 0.1) is 0 Å². The summed E-state index contributed by atoms with van der Waals surface area (Å²) < 4.78 is 0. The lowest BCUT2D eigenvalue weighted by Gasteiger charge is -2.33. The summed E-state index contributed by atoms with van der Waals surface area (Å²) in [5.41, 5.74) is 1.52. The van der Waals surface area contributed by atoms with Crippen molar-refractivity contribution in [2.45, 2.75) is 25.0 Å². The SMILES string of the molecule is CSC1=C(c2ccccc2)C1(O)N1CCCCC1. The second kappa shape index (κ2) is 4.72. The Hall–Kier alpha value is -0.770. The van der Waals surface area contributed by atoms with E-state index in [1.807, 2.05) is 18.2 Å². The summed E-state index contributed by atoms with van der Waals surface area (Å²) in [6.07, 6.45) is 5.75. The van der Waals surface area contributed by atoms with E-state index in [-0.39, 0.29) is 0 Å². The van der Waals surface area contributed by atoms with Gasteiger partial charge in [-0.1, -0.05) is 36.8 Å². The molecule has 1 unspecified atom stereocenters. The van der Waals surface area contributed by atoms with Crippen LogP contribution in [0.3, 0.4) is 0 Å². The van der Waals surface area contributed by atoms with Crippen LogP contribution in [-0.2, 0) is 0 Å². The van der Waals surface area contributed by atoms with Crippen LogP contribution in [0, 0.1) is 0 Å². The van der Waals surface area contributed by atoms with Crippen molar-refractivity contribution >= 4 is 17.3 Å². The summed E-state index contributed by atoms with van der Waals surface area (Å²) >= 11 is 1.68. The monoisotopic (exact) mass is 261 g/mol. The van der Waals surface area contributed by atoms with Crippen molar-refractivity contribution in [1.82, 2.24) is 4.90 Å². The Bertz CT molecular complexity index is 465. The van der Waals surface area contributed by atoms with Gasteiger partial charge in [0.1, 0.15) is 0 Å². The Balaban J connectivity index is 1.87. The van der Waals surface area contributed by atoms with Crippen molar-refractivity contribution in [3.05, 3.63) is 40.8 Å². The Morgan fingerprint density at radius 1 is 1.11 bits per heavy atom. The first-order chi connectivity index (χ1) is 8.78. The van der Waals surface area contributed by atoms with E-state index in [9.17, 15) is 5.11 Å². The predicted octanol–water partition coefficient (Wildman–Crippen LogP) is 2.95. The molecule has 0 bridgehead atoms. The molecular weight excluding hydrogens is 242 g/mol. The zero-order valence-electron chi connectivity index (χ0n) is 10.7. The van der Waals surface area contributed by atoms with Crippen molar-refractivity contribution in [1.29, 1.82) is 0 Å². The van der Waals surface area contributed by atoms with Crippen LogP contribution in [0.1, 0.15) is 24.8 Å². The topological polar surface area (TPSA) is 23.5 Å². The molecule has 0 amide bonds. The first-order valence-electron chi connectivity index (χ1n) is 6.60. The second-order valence-corrected chi connectivity index (χ2v) is 5.81. The van der Waals surface area contributed by atoms with Crippen LogP contribution in [0.2, 0.25) is 0 Å². The number of piperidine rings is 1. The van der Waals surface area contributed by atoms with E-state index in [1.165, 1.54) is 19.3 Å². The first kappa shape index (κ1) is 12.3. The fourth-order valence-electron chi connectivity index (χ4n) is 2.94. The van der Waals surface area contributed by atoms with Gasteiger partial charge in [0.25, 0.3) is 0 Å². The lowest BCUT2D eigenvalue weighted by Crippen LogP contribution is -2.44. The molecule has 2 aliphatic rings. The molecule has 96 valence electrons. The largest absolute Gasteiger partial charge is 0.367 e. The fraction of sp³-hybridized carbons (Fsp3) is 0.467. The summed E-state index contributed by atoms with van der Waals surface area (Å²) in [5, 5.41) is 11.0. The minimum Gasteiger partial charge on any atom is -0.367 e. The third kappa shape index (κ3) is 1.81. The van der Waals surface area contributed by atoms with Gasteiger partial charge < -0.3 is 5.11 Å². The van der Waals surface area contributed by atoms with Gasteiger partial charge in [0.15, 0.2) is 5.72 Å². The molecule has 1 N–H and O–H groups in total. The molecule has 1 saturated heterocycles. The van der Waals surface area contributed by atoms with Crippen LogP contribution in [0.5, 0.6) is 0 Å². The second-order valence-electron chi connectivity index (χ2n) is 4.99. The number of hydrogen-bond acceptors (Lipinski definition) is 3. The van der Waals surface area contributed by atoms with Crippen molar-refractivity contribution in [3.63, 3.8) is 0 Å². The van der Waals surface area contributed by atoms with Gasteiger partial charge in [-0.2, -0.15) is 0 Å². The van der Waals surface area contributed by atoms with Crippen LogP contribution in [0.25, 0.3) is 5.57 Å². The van der Waals surface area contributed by atoms with E-state index in [1.54, 1.807) is 11.8 Å². The Morgan fingerprint density at radius 2 is 1.78 bits per heavy atom. The number of likely N-dealkylation sites (tertiary alicyclic amines) is 1. The molecule has 1 aromatic rings. The smallest absolute Gasteiger partial charge is 0.179 e. The summed E-state index contributed by atoms with van der Waals surface area (Å²) in [5.74, 6) is 0. The van der Waals surface area contributed by atoms with Crippen molar-refractivity contribution in [3.8, 4) is 0 Å². The maximum atomic E-state index is 11.0. The molecule has 3 rings (SSSR count). The number of benzene rings is 1. The first-order valence-corrected chi connectivity index (χ1v) is 7.83. The average molecular weight is 261 g/mol. The third-order valence-electron chi connectivity index (χ3n) is 3.91. The van der Waals surface area contributed by atoms with Crippen LogP contribution >= 0.6 is 11.8 Å². The summed E-state index contributed by atoms with van der Waals surface area (Å²) in [6, 6.07) is 10.3. The van der Waals surface area contributed by atoms with E-state index in [4.69, 9.17) is 0 Å².